The number of carboxylic acids is 1. The molecule has 1 aromatic rings. The number of hydrogen-bond acceptors (Lipinski definition) is 4. The van der Waals surface area contributed by atoms with E-state index >= 15 is 0 Å². The van der Waals surface area contributed by atoms with Crippen molar-refractivity contribution in [1.82, 2.24) is 10.3 Å². The molecule has 0 bridgehead atoms. The lowest BCUT2D eigenvalue weighted by Gasteiger charge is -2.28. The third kappa shape index (κ3) is 2.71. The van der Waals surface area contributed by atoms with Gasteiger partial charge in [0, 0.05) is 31.9 Å². The Morgan fingerprint density at radius 2 is 2.12 bits per heavy atom. The van der Waals surface area contributed by atoms with E-state index in [1.54, 1.807) is 18.2 Å². The molecule has 86 valence electrons. The second-order valence-corrected chi connectivity index (χ2v) is 3.73. The monoisotopic (exact) mass is 221 g/mol. The lowest BCUT2D eigenvalue weighted by atomic mass is 10.2. The Kier molecular flexibility index (Phi) is 3.38. The van der Waals surface area contributed by atoms with Gasteiger partial charge >= 0.3 is 5.97 Å². The van der Waals surface area contributed by atoms with E-state index in [9.17, 15) is 4.79 Å². The van der Waals surface area contributed by atoms with Crippen LogP contribution in [0.3, 0.4) is 0 Å². The third-order valence-corrected chi connectivity index (χ3v) is 2.51. The smallest absolute Gasteiger partial charge is 0.335 e. The molecule has 0 amide bonds. The highest BCUT2D eigenvalue weighted by atomic mass is 16.4. The van der Waals surface area contributed by atoms with Crippen LogP contribution in [0.25, 0.3) is 0 Å². The van der Waals surface area contributed by atoms with Gasteiger partial charge in [0.2, 0.25) is 0 Å². The first-order chi connectivity index (χ1) is 7.75. The predicted molar refractivity (Wildman–Crippen MR) is 61.5 cm³/mol. The molecule has 0 atom stereocenters. The number of benzene rings is 1. The molecular formula is C11H15N3O2. The van der Waals surface area contributed by atoms with Crippen LogP contribution in [-0.2, 0) is 0 Å². The molecule has 0 aliphatic carbocycles. The van der Waals surface area contributed by atoms with Crippen molar-refractivity contribution in [2.24, 2.45) is 0 Å². The Balaban J connectivity index is 2.02. The van der Waals surface area contributed by atoms with Crippen molar-refractivity contribution >= 4 is 11.7 Å². The number of carbonyl (C=O) groups is 1. The van der Waals surface area contributed by atoms with E-state index in [4.69, 9.17) is 5.11 Å². The molecule has 0 radical (unpaired) electrons. The summed E-state index contributed by atoms with van der Waals surface area (Å²) in [5.74, 6) is -0.899. The largest absolute Gasteiger partial charge is 0.478 e. The minimum absolute atomic E-state index is 0.306. The zero-order valence-electron chi connectivity index (χ0n) is 8.94. The molecule has 0 saturated carbocycles. The molecule has 3 N–H and O–H groups in total. The fourth-order valence-electron chi connectivity index (χ4n) is 1.68. The average molecular weight is 221 g/mol. The van der Waals surface area contributed by atoms with Gasteiger partial charge in [-0.15, -0.1) is 0 Å². The van der Waals surface area contributed by atoms with Crippen LogP contribution in [0.1, 0.15) is 10.4 Å². The Hall–Kier alpha value is -1.59. The van der Waals surface area contributed by atoms with Crippen molar-refractivity contribution in [1.29, 1.82) is 0 Å². The minimum Gasteiger partial charge on any atom is -0.478 e. The highest BCUT2D eigenvalue weighted by Crippen LogP contribution is 2.11. The van der Waals surface area contributed by atoms with Crippen LogP contribution in [0.2, 0.25) is 0 Å². The van der Waals surface area contributed by atoms with Crippen LogP contribution in [0.5, 0.6) is 0 Å². The predicted octanol–water partition coefficient (Wildman–Crippen LogP) is 0.617. The van der Waals surface area contributed by atoms with Crippen LogP contribution in [0.4, 0.5) is 5.69 Å². The number of hydrazine groups is 1. The van der Waals surface area contributed by atoms with Crippen molar-refractivity contribution in [3.05, 3.63) is 29.8 Å². The summed E-state index contributed by atoms with van der Waals surface area (Å²) in [6.07, 6.45) is 0. The molecule has 0 spiro atoms. The van der Waals surface area contributed by atoms with Crippen molar-refractivity contribution in [3.63, 3.8) is 0 Å². The van der Waals surface area contributed by atoms with E-state index in [-0.39, 0.29) is 0 Å². The van der Waals surface area contributed by atoms with E-state index in [2.05, 4.69) is 15.8 Å². The lowest BCUT2D eigenvalue weighted by Crippen LogP contribution is -2.46. The molecule has 1 aromatic carbocycles. The fourth-order valence-corrected chi connectivity index (χ4v) is 1.68. The Bertz CT molecular complexity index is 375. The topological polar surface area (TPSA) is 64.6 Å². The van der Waals surface area contributed by atoms with Gasteiger partial charge in [0.1, 0.15) is 0 Å². The molecule has 1 saturated heterocycles. The molecular weight excluding hydrogens is 206 g/mol. The zero-order valence-corrected chi connectivity index (χ0v) is 8.94. The van der Waals surface area contributed by atoms with Crippen LogP contribution >= 0.6 is 0 Å². The molecule has 2 rings (SSSR count). The number of rotatable bonds is 3. The second-order valence-electron chi connectivity index (χ2n) is 3.73. The van der Waals surface area contributed by atoms with Gasteiger partial charge in [-0.25, -0.2) is 9.80 Å². The normalized spacial score (nSPS) is 17.0. The Labute approximate surface area is 94.0 Å². The van der Waals surface area contributed by atoms with E-state index in [1.807, 2.05) is 6.07 Å². The summed E-state index contributed by atoms with van der Waals surface area (Å²) in [5.41, 5.74) is 4.33. The SMILES string of the molecule is O=C(O)c1cccc(NN2CCNCC2)c1. The maximum atomic E-state index is 10.8. The average Bonchev–Trinajstić information content (AvgIpc) is 2.30. The Morgan fingerprint density at radius 3 is 2.81 bits per heavy atom. The summed E-state index contributed by atoms with van der Waals surface area (Å²) < 4.78 is 0. The van der Waals surface area contributed by atoms with E-state index in [1.165, 1.54) is 0 Å². The van der Waals surface area contributed by atoms with E-state index in [0.29, 0.717) is 5.56 Å². The van der Waals surface area contributed by atoms with Crippen LogP contribution in [-0.4, -0.2) is 42.3 Å². The molecule has 5 nitrogen and oxygen atoms in total. The Morgan fingerprint density at radius 1 is 1.38 bits per heavy atom. The maximum absolute atomic E-state index is 10.8. The van der Waals surface area contributed by atoms with Crippen molar-refractivity contribution in [3.8, 4) is 0 Å². The molecule has 5 heteroatoms. The molecule has 1 aliphatic rings. The number of anilines is 1. The summed E-state index contributed by atoms with van der Waals surface area (Å²) in [6, 6.07) is 6.85. The van der Waals surface area contributed by atoms with Gasteiger partial charge < -0.3 is 15.8 Å². The number of nitrogens with zero attached hydrogens (tertiary/aromatic N) is 1. The zero-order chi connectivity index (χ0) is 11.4. The fraction of sp³-hybridized carbons (Fsp3) is 0.364. The molecule has 16 heavy (non-hydrogen) atoms. The van der Waals surface area contributed by atoms with Gasteiger partial charge in [0.25, 0.3) is 0 Å². The van der Waals surface area contributed by atoms with Gasteiger partial charge in [-0.1, -0.05) is 6.07 Å². The van der Waals surface area contributed by atoms with Gasteiger partial charge in [-0.3, -0.25) is 0 Å². The van der Waals surface area contributed by atoms with Crippen molar-refractivity contribution in [2.75, 3.05) is 31.6 Å². The summed E-state index contributed by atoms with van der Waals surface area (Å²) in [4.78, 5) is 10.8. The van der Waals surface area contributed by atoms with Crippen LogP contribution in [0.15, 0.2) is 24.3 Å². The van der Waals surface area contributed by atoms with Crippen molar-refractivity contribution in [2.45, 2.75) is 0 Å². The molecule has 1 aliphatic heterocycles. The van der Waals surface area contributed by atoms with E-state index in [0.717, 1.165) is 31.9 Å². The summed E-state index contributed by atoms with van der Waals surface area (Å²) >= 11 is 0. The summed E-state index contributed by atoms with van der Waals surface area (Å²) in [6.45, 7) is 3.73. The number of aromatic carboxylic acids is 1. The number of hydrogen-bond donors (Lipinski definition) is 3. The quantitative estimate of drug-likeness (QED) is 0.698. The van der Waals surface area contributed by atoms with Crippen LogP contribution in [0, 0.1) is 0 Å². The first-order valence-electron chi connectivity index (χ1n) is 5.31. The molecule has 0 aromatic heterocycles. The van der Waals surface area contributed by atoms with Crippen LogP contribution < -0.4 is 10.7 Å². The lowest BCUT2D eigenvalue weighted by molar-refractivity contribution is 0.0697. The summed E-state index contributed by atoms with van der Waals surface area (Å²) in [7, 11) is 0. The molecule has 1 heterocycles. The molecule has 0 unspecified atom stereocenters. The highest BCUT2D eigenvalue weighted by molar-refractivity contribution is 5.88. The van der Waals surface area contributed by atoms with E-state index < -0.39 is 5.97 Å². The number of piperazine rings is 1. The molecule has 1 fully saturated rings. The first kappa shape index (κ1) is 10.9. The second kappa shape index (κ2) is 4.96. The summed E-state index contributed by atoms with van der Waals surface area (Å²) in [5, 5.41) is 14.2. The minimum atomic E-state index is -0.899. The van der Waals surface area contributed by atoms with Gasteiger partial charge in [0.05, 0.1) is 5.56 Å². The highest BCUT2D eigenvalue weighted by Gasteiger charge is 2.09. The number of carboxylic acid groups (broad SMARTS) is 1. The van der Waals surface area contributed by atoms with Gasteiger partial charge in [-0.2, -0.15) is 0 Å². The van der Waals surface area contributed by atoms with Gasteiger partial charge in [-0.05, 0) is 18.2 Å². The first-order valence-corrected chi connectivity index (χ1v) is 5.31. The number of nitrogens with one attached hydrogen (secondary N) is 2. The standard InChI is InChI=1S/C11H15N3O2/c15-11(16)9-2-1-3-10(8-9)13-14-6-4-12-5-7-14/h1-3,8,12-13H,4-7H2,(H,15,16). The van der Waals surface area contributed by atoms with Crippen molar-refractivity contribution < 1.29 is 9.90 Å². The maximum Gasteiger partial charge on any atom is 0.335 e. The van der Waals surface area contributed by atoms with Gasteiger partial charge in [0.15, 0.2) is 0 Å². The third-order valence-electron chi connectivity index (χ3n) is 2.51.